The number of nitrogens with one attached hydrogen (secondary N) is 1. The fraction of sp³-hybridized carbons (Fsp3) is 0.385. The van der Waals surface area contributed by atoms with Crippen LogP contribution in [0.4, 0.5) is 5.69 Å². The van der Waals surface area contributed by atoms with Crippen LogP contribution in [0.5, 0.6) is 0 Å². The lowest BCUT2D eigenvalue weighted by Gasteiger charge is -2.35. The molecule has 1 aromatic carbocycles. The van der Waals surface area contributed by atoms with E-state index < -0.39 is 10.0 Å². The number of aromatic amines is 1. The van der Waals surface area contributed by atoms with Crippen molar-refractivity contribution in [1.29, 1.82) is 0 Å². The quantitative estimate of drug-likeness (QED) is 0.900. The fourth-order valence-electron chi connectivity index (χ4n) is 2.61. The van der Waals surface area contributed by atoms with Gasteiger partial charge in [-0.05, 0) is 18.2 Å². The van der Waals surface area contributed by atoms with Crippen LogP contribution in [0.25, 0.3) is 10.9 Å². The highest BCUT2D eigenvalue weighted by atomic mass is 32.2. The predicted molar refractivity (Wildman–Crippen MR) is 76.9 cm³/mol. The maximum atomic E-state index is 11.5. The Kier molecular flexibility index (Phi) is 2.99. The Labute approximate surface area is 112 Å². The summed E-state index contributed by atoms with van der Waals surface area (Å²) in [6.07, 6.45) is 3.20. The van der Waals surface area contributed by atoms with Crippen LogP contribution < -0.4 is 4.90 Å². The lowest BCUT2D eigenvalue weighted by Crippen LogP contribution is -2.48. The number of anilines is 1. The maximum Gasteiger partial charge on any atom is 0.211 e. The minimum atomic E-state index is -3.06. The highest BCUT2D eigenvalue weighted by Gasteiger charge is 2.24. The molecule has 1 aliphatic heterocycles. The van der Waals surface area contributed by atoms with E-state index in [1.54, 1.807) is 4.31 Å². The third kappa shape index (κ3) is 2.33. The molecule has 1 aromatic heterocycles. The van der Waals surface area contributed by atoms with Crippen molar-refractivity contribution in [3.8, 4) is 0 Å². The Morgan fingerprint density at radius 3 is 2.53 bits per heavy atom. The predicted octanol–water partition coefficient (Wildman–Crippen LogP) is 1.25. The molecule has 1 aliphatic rings. The van der Waals surface area contributed by atoms with Gasteiger partial charge >= 0.3 is 0 Å². The SMILES string of the molecule is CS(=O)(=O)N1CCN(c2cccc3[nH]ccc23)CC1. The van der Waals surface area contributed by atoms with Gasteiger partial charge in [0.15, 0.2) is 0 Å². The third-order valence-corrected chi connectivity index (χ3v) is 4.92. The van der Waals surface area contributed by atoms with Gasteiger partial charge in [-0.1, -0.05) is 6.07 Å². The Morgan fingerprint density at radius 2 is 1.84 bits per heavy atom. The van der Waals surface area contributed by atoms with Crippen molar-refractivity contribution in [2.75, 3.05) is 37.3 Å². The normalized spacial score (nSPS) is 18.1. The highest BCUT2D eigenvalue weighted by molar-refractivity contribution is 7.88. The van der Waals surface area contributed by atoms with Crippen LogP contribution in [-0.2, 0) is 10.0 Å². The maximum absolute atomic E-state index is 11.5. The molecule has 19 heavy (non-hydrogen) atoms. The summed E-state index contributed by atoms with van der Waals surface area (Å²) < 4.78 is 24.5. The van der Waals surface area contributed by atoms with Gasteiger partial charge in [-0.15, -0.1) is 0 Å². The van der Waals surface area contributed by atoms with Gasteiger partial charge in [0.25, 0.3) is 0 Å². The van der Waals surface area contributed by atoms with Crippen LogP contribution in [0.2, 0.25) is 0 Å². The average molecular weight is 279 g/mol. The van der Waals surface area contributed by atoms with Crippen molar-refractivity contribution in [3.05, 3.63) is 30.5 Å². The number of H-pyrrole nitrogens is 1. The molecule has 1 N–H and O–H groups in total. The highest BCUT2D eigenvalue weighted by Crippen LogP contribution is 2.27. The number of hydrogen-bond acceptors (Lipinski definition) is 3. The molecule has 1 fully saturated rings. The lowest BCUT2D eigenvalue weighted by molar-refractivity contribution is 0.388. The Morgan fingerprint density at radius 1 is 1.11 bits per heavy atom. The molecule has 102 valence electrons. The molecule has 2 aromatic rings. The van der Waals surface area contributed by atoms with Crippen molar-refractivity contribution in [2.45, 2.75) is 0 Å². The van der Waals surface area contributed by atoms with Gasteiger partial charge in [-0.3, -0.25) is 0 Å². The van der Waals surface area contributed by atoms with Crippen molar-refractivity contribution in [2.24, 2.45) is 0 Å². The first kappa shape index (κ1) is 12.5. The van der Waals surface area contributed by atoms with E-state index in [0.717, 1.165) is 18.6 Å². The molecule has 3 rings (SSSR count). The van der Waals surface area contributed by atoms with Crippen LogP contribution in [0.15, 0.2) is 30.5 Å². The van der Waals surface area contributed by atoms with E-state index in [2.05, 4.69) is 22.0 Å². The van der Waals surface area contributed by atoms with Gasteiger partial charge in [-0.2, -0.15) is 4.31 Å². The molecule has 0 aliphatic carbocycles. The number of hydrogen-bond donors (Lipinski definition) is 1. The van der Waals surface area contributed by atoms with Crippen LogP contribution in [0.3, 0.4) is 0 Å². The number of nitrogens with zero attached hydrogens (tertiary/aromatic N) is 2. The Bertz CT molecular complexity index is 685. The second-order valence-corrected chi connectivity index (χ2v) is 6.85. The molecule has 0 unspecified atom stereocenters. The first-order valence-corrected chi connectivity index (χ1v) is 8.17. The molecule has 0 spiro atoms. The summed E-state index contributed by atoms with van der Waals surface area (Å²) in [6, 6.07) is 8.22. The standard InChI is InChI=1S/C13H17N3O2S/c1-19(17,18)16-9-7-15(8-10-16)13-4-2-3-12-11(13)5-6-14-12/h2-6,14H,7-10H2,1H3. The summed E-state index contributed by atoms with van der Waals surface area (Å²) in [5, 5.41) is 1.19. The monoisotopic (exact) mass is 279 g/mol. The Balaban J connectivity index is 1.84. The third-order valence-electron chi connectivity index (χ3n) is 3.62. The first-order chi connectivity index (χ1) is 9.05. The van der Waals surface area contributed by atoms with E-state index in [-0.39, 0.29) is 0 Å². The largest absolute Gasteiger partial charge is 0.368 e. The zero-order chi connectivity index (χ0) is 13.5. The average Bonchev–Trinajstić information content (AvgIpc) is 2.86. The smallest absolute Gasteiger partial charge is 0.211 e. The first-order valence-electron chi connectivity index (χ1n) is 6.32. The molecule has 1 saturated heterocycles. The summed E-state index contributed by atoms with van der Waals surface area (Å²) in [5.41, 5.74) is 2.29. The van der Waals surface area contributed by atoms with E-state index in [9.17, 15) is 8.42 Å². The second kappa shape index (κ2) is 4.54. The van der Waals surface area contributed by atoms with Crippen LogP contribution in [0, 0.1) is 0 Å². The van der Waals surface area contributed by atoms with Gasteiger partial charge in [0.05, 0.1) is 6.26 Å². The van der Waals surface area contributed by atoms with E-state index in [4.69, 9.17) is 0 Å². The van der Waals surface area contributed by atoms with Crippen molar-refractivity contribution in [1.82, 2.24) is 9.29 Å². The van der Waals surface area contributed by atoms with E-state index in [0.29, 0.717) is 13.1 Å². The number of piperazine rings is 1. The molecule has 6 heteroatoms. The molecule has 0 amide bonds. The van der Waals surface area contributed by atoms with Crippen LogP contribution >= 0.6 is 0 Å². The number of aromatic nitrogens is 1. The van der Waals surface area contributed by atoms with Crippen LogP contribution in [-0.4, -0.2) is 50.1 Å². The summed E-state index contributed by atoms with van der Waals surface area (Å²) >= 11 is 0. The number of rotatable bonds is 2. The Hall–Kier alpha value is -1.53. The summed E-state index contributed by atoms with van der Waals surface area (Å²) in [7, 11) is -3.06. The topological polar surface area (TPSA) is 56.4 Å². The number of sulfonamides is 1. The van der Waals surface area contributed by atoms with E-state index >= 15 is 0 Å². The zero-order valence-corrected chi connectivity index (χ0v) is 11.7. The van der Waals surface area contributed by atoms with Crippen molar-refractivity contribution in [3.63, 3.8) is 0 Å². The minimum Gasteiger partial charge on any atom is -0.368 e. The molecule has 2 heterocycles. The number of fused-ring (bicyclic) bond motifs is 1. The molecule has 0 radical (unpaired) electrons. The van der Waals surface area contributed by atoms with Crippen molar-refractivity contribution >= 4 is 26.6 Å². The fourth-order valence-corrected chi connectivity index (χ4v) is 3.43. The number of benzene rings is 1. The lowest BCUT2D eigenvalue weighted by atomic mass is 10.2. The molecular formula is C13H17N3O2S. The van der Waals surface area contributed by atoms with Gasteiger partial charge in [-0.25, -0.2) is 8.42 Å². The summed E-state index contributed by atoms with van der Waals surface area (Å²) in [5.74, 6) is 0. The van der Waals surface area contributed by atoms with Gasteiger partial charge in [0.1, 0.15) is 0 Å². The van der Waals surface area contributed by atoms with Gasteiger partial charge in [0, 0.05) is 49.0 Å². The summed E-state index contributed by atoms with van der Waals surface area (Å²) in [4.78, 5) is 5.45. The van der Waals surface area contributed by atoms with Gasteiger partial charge < -0.3 is 9.88 Å². The minimum absolute atomic E-state index is 0.555. The zero-order valence-electron chi connectivity index (χ0n) is 10.8. The molecular weight excluding hydrogens is 262 g/mol. The summed E-state index contributed by atoms with van der Waals surface area (Å²) in [6.45, 7) is 2.58. The molecule has 0 atom stereocenters. The van der Waals surface area contributed by atoms with Gasteiger partial charge in [0.2, 0.25) is 10.0 Å². The van der Waals surface area contributed by atoms with Crippen LogP contribution in [0.1, 0.15) is 0 Å². The molecule has 0 bridgehead atoms. The van der Waals surface area contributed by atoms with E-state index in [1.807, 2.05) is 18.3 Å². The second-order valence-electron chi connectivity index (χ2n) is 4.87. The molecule has 5 nitrogen and oxygen atoms in total. The van der Waals surface area contributed by atoms with E-state index in [1.165, 1.54) is 17.3 Å². The molecule has 0 saturated carbocycles. The van der Waals surface area contributed by atoms with Crippen molar-refractivity contribution < 1.29 is 8.42 Å².